The van der Waals surface area contributed by atoms with Gasteiger partial charge in [0, 0.05) is 28.9 Å². The third kappa shape index (κ3) is 4.68. The van der Waals surface area contributed by atoms with Crippen LogP contribution in [0.2, 0.25) is 0 Å². The predicted molar refractivity (Wildman–Crippen MR) is 179 cm³/mol. The highest BCUT2D eigenvalue weighted by Gasteiger charge is 2.17. The molecule has 0 saturated heterocycles. The molecule has 0 atom stereocenters. The second-order valence-corrected chi connectivity index (χ2v) is 11.6. The zero-order chi connectivity index (χ0) is 29.7. The van der Waals surface area contributed by atoms with Crippen LogP contribution < -0.4 is 0 Å². The van der Waals surface area contributed by atoms with Gasteiger partial charge < -0.3 is 4.57 Å². The summed E-state index contributed by atoms with van der Waals surface area (Å²) in [4.78, 5) is 4.20. The molecule has 206 valence electrons. The molecular weight excluding hydrogens is 522 g/mol. The minimum atomic E-state index is 0.621. The van der Waals surface area contributed by atoms with Crippen molar-refractivity contribution < 1.29 is 0 Å². The number of hydrogen-bond acceptors (Lipinski definition) is 2. The van der Waals surface area contributed by atoms with Crippen LogP contribution in [0.4, 0.5) is 0 Å². The molecule has 3 nitrogen and oxygen atoms in total. The fourth-order valence-electron chi connectivity index (χ4n) is 6.42. The number of fused-ring (bicyclic) bond motifs is 3. The normalized spacial score (nSPS) is 11.2. The Kier molecular flexibility index (Phi) is 6.41. The summed E-state index contributed by atoms with van der Waals surface area (Å²) in [5, 5.41) is 12.4. The van der Waals surface area contributed by atoms with E-state index in [1.807, 2.05) is 24.3 Å². The van der Waals surface area contributed by atoms with E-state index in [4.69, 9.17) is 0 Å². The fourth-order valence-corrected chi connectivity index (χ4v) is 6.42. The van der Waals surface area contributed by atoms with E-state index in [-0.39, 0.29) is 0 Å². The molecule has 0 N–H and O–H groups in total. The van der Waals surface area contributed by atoms with Gasteiger partial charge in [0.05, 0.1) is 22.7 Å². The Labute approximate surface area is 252 Å². The van der Waals surface area contributed by atoms with Crippen molar-refractivity contribution in [2.24, 2.45) is 0 Å². The maximum absolute atomic E-state index is 10.1. The third-order valence-electron chi connectivity index (χ3n) is 8.47. The molecule has 2 heterocycles. The van der Waals surface area contributed by atoms with E-state index in [1.54, 1.807) is 12.4 Å². The largest absolute Gasteiger partial charge is 0.309 e. The van der Waals surface area contributed by atoms with Crippen molar-refractivity contribution in [2.45, 2.75) is 27.7 Å². The highest BCUT2D eigenvalue weighted by molar-refractivity contribution is 6.11. The molecule has 7 aromatic rings. The highest BCUT2D eigenvalue weighted by atomic mass is 15.0. The predicted octanol–water partition coefficient (Wildman–Crippen LogP) is 10.3. The minimum Gasteiger partial charge on any atom is -0.309 e. The van der Waals surface area contributed by atoms with Crippen LogP contribution in [-0.2, 0) is 0 Å². The van der Waals surface area contributed by atoms with Gasteiger partial charge in [-0.15, -0.1) is 0 Å². The van der Waals surface area contributed by atoms with Crippen LogP contribution in [0.25, 0.3) is 60.9 Å². The first kappa shape index (κ1) is 26.4. The van der Waals surface area contributed by atoms with E-state index in [1.165, 1.54) is 55.3 Å². The molecule has 0 unspecified atom stereocenters. The van der Waals surface area contributed by atoms with Gasteiger partial charge in [0.1, 0.15) is 0 Å². The average Bonchev–Trinajstić information content (AvgIpc) is 3.34. The van der Waals surface area contributed by atoms with Crippen molar-refractivity contribution >= 4 is 21.8 Å². The first-order valence-corrected chi connectivity index (χ1v) is 14.6. The first-order chi connectivity index (χ1) is 20.9. The molecule has 43 heavy (non-hydrogen) atoms. The van der Waals surface area contributed by atoms with Crippen LogP contribution >= 0.6 is 0 Å². The number of benzene rings is 5. The molecule has 0 fully saturated rings. The number of pyridine rings is 1. The van der Waals surface area contributed by atoms with Crippen LogP contribution in [0.15, 0.2) is 116 Å². The molecule has 0 spiro atoms. The van der Waals surface area contributed by atoms with Crippen LogP contribution in [0.1, 0.15) is 27.8 Å². The summed E-state index contributed by atoms with van der Waals surface area (Å²) in [5.41, 5.74) is 15.6. The zero-order valence-electron chi connectivity index (χ0n) is 24.8. The van der Waals surface area contributed by atoms with Gasteiger partial charge >= 0.3 is 0 Å². The van der Waals surface area contributed by atoms with Gasteiger partial charge in [-0.05, 0) is 115 Å². The monoisotopic (exact) mass is 553 g/mol. The summed E-state index contributed by atoms with van der Waals surface area (Å²) in [6.45, 7) is 8.62. The quantitative estimate of drug-likeness (QED) is 0.218. The third-order valence-corrected chi connectivity index (χ3v) is 8.47. The molecule has 0 aliphatic rings. The van der Waals surface area contributed by atoms with Crippen molar-refractivity contribution in [3.63, 3.8) is 0 Å². The van der Waals surface area contributed by atoms with E-state index in [0.29, 0.717) is 5.56 Å². The van der Waals surface area contributed by atoms with Gasteiger partial charge in [0.2, 0.25) is 0 Å². The van der Waals surface area contributed by atoms with Gasteiger partial charge in [-0.2, -0.15) is 5.26 Å². The molecule has 7 rings (SSSR count). The van der Waals surface area contributed by atoms with Gasteiger partial charge in [-0.3, -0.25) is 4.98 Å². The summed E-state index contributed by atoms with van der Waals surface area (Å²) in [6.07, 6.45) is 3.59. The van der Waals surface area contributed by atoms with Crippen molar-refractivity contribution in [3.8, 4) is 45.1 Å². The van der Waals surface area contributed by atoms with Crippen molar-refractivity contribution in [2.75, 3.05) is 0 Å². The van der Waals surface area contributed by atoms with E-state index < -0.39 is 0 Å². The Morgan fingerprint density at radius 1 is 0.535 bits per heavy atom. The minimum absolute atomic E-state index is 0.621. The zero-order valence-corrected chi connectivity index (χ0v) is 24.8. The summed E-state index contributed by atoms with van der Waals surface area (Å²) in [5.74, 6) is 0. The molecule has 0 aliphatic carbocycles. The van der Waals surface area contributed by atoms with Gasteiger partial charge in [0.25, 0.3) is 0 Å². The standard InChI is InChI=1S/C40H31N3/c1-25-5-9-35(27(3)17-25)31-7-11-37-38-12-8-32(36-10-6-26(2)18-28(36)4)23-40(38)43(39(37)22-31)34-20-29(24-41)19-33(21-34)30-13-15-42-16-14-30/h5-23H,1-4H3. The van der Waals surface area contributed by atoms with Crippen LogP contribution in [0.5, 0.6) is 0 Å². The molecule has 0 bridgehead atoms. The average molecular weight is 554 g/mol. The molecular formula is C40H31N3. The Balaban J connectivity index is 1.55. The molecule has 2 aromatic heterocycles. The van der Waals surface area contributed by atoms with Crippen LogP contribution in [0, 0.1) is 39.0 Å². The highest BCUT2D eigenvalue weighted by Crippen LogP contribution is 2.39. The lowest BCUT2D eigenvalue weighted by molar-refractivity contribution is 1.18. The van der Waals surface area contributed by atoms with Gasteiger partial charge in [-0.25, -0.2) is 0 Å². The molecule has 0 amide bonds. The second-order valence-electron chi connectivity index (χ2n) is 11.6. The summed E-state index contributed by atoms with van der Waals surface area (Å²) in [6, 6.07) is 39.3. The number of rotatable bonds is 4. The smallest absolute Gasteiger partial charge is 0.0992 e. The van der Waals surface area contributed by atoms with Gasteiger partial charge in [-0.1, -0.05) is 71.8 Å². The topological polar surface area (TPSA) is 41.6 Å². The van der Waals surface area contributed by atoms with E-state index in [2.05, 4.69) is 122 Å². The van der Waals surface area contributed by atoms with E-state index in [9.17, 15) is 5.26 Å². The Bertz CT molecular complexity index is 2120. The molecule has 0 aliphatic heterocycles. The molecule has 0 saturated carbocycles. The number of nitriles is 1. The maximum Gasteiger partial charge on any atom is 0.0992 e. The van der Waals surface area contributed by atoms with Crippen molar-refractivity contribution in [1.29, 1.82) is 5.26 Å². The van der Waals surface area contributed by atoms with Crippen LogP contribution in [-0.4, -0.2) is 9.55 Å². The number of aromatic nitrogens is 2. The van der Waals surface area contributed by atoms with Crippen molar-refractivity contribution in [3.05, 3.63) is 143 Å². The van der Waals surface area contributed by atoms with E-state index in [0.717, 1.165) is 27.8 Å². The number of hydrogen-bond donors (Lipinski definition) is 0. The Hall–Kier alpha value is -5.46. The SMILES string of the molecule is Cc1ccc(-c2ccc3c4ccc(-c5ccc(C)cc5C)cc4n(-c4cc(C#N)cc(-c5ccncc5)c4)c3c2)c(C)c1. The Morgan fingerprint density at radius 2 is 1.09 bits per heavy atom. The lowest BCUT2D eigenvalue weighted by Gasteiger charge is -2.13. The number of aryl methyl sites for hydroxylation is 4. The number of nitrogens with zero attached hydrogens (tertiary/aromatic N) is 3. The summed E-state index contributed by atoms with van der Waals surface area (Å²) in [7, 11) is 0. The molecule has 5 aromatic carbocycles. The Morgan fingerprint density at radius 3 is 1.60 bits per heavy atom. The van der Waals surface area contributed by atoms with E-state index >= 15 is 0 Å². The van der Waals surface area contributed by atoms with Gasteiger partial charge in [0.15, 0.2) is 0 Å². The lowest BCUT2D eigenvalue weighted by Crippen LogP contribution is -1.97. The lowest BCUT2D eigenvalue weighted by atomic mass is 9.96. The van der Waals surface area contributed by atoms with Crippen molar-refractivity contribution in [1.82, 2.24) is 9.55 Å². The fraction of sp³-hybridized carbons (Fsp3) is 0.100. The summed E-state index contributed by atoms with van der Waals surface area (Å²) >= 11 is 0. The van der Waals surface area contributed by atoms with Crippen LogP contribution in [0.3, 0.4) is 0 Å². The maximum atomic E-state index is 10.1. The molecule has 0 radical (unpaired) electrons. The summed E-state index contributed by atoms with van der Waals surface area (Å²) < 4.78 is 2.33. The molecule has 3 heteroatoms. The second kappa shape index (κ2) is 10.4. The first-order valence-electron chi connectivity index (χ1n) is 14.6.